The summed E-state index contributed by atoms with van der Waals surface area (Å²) in [6.45, 7) is 7.19. The summed E-state index contributed by atoms with van der Waals surface area (Å²) in [5.41, 5.74) is 9.97. The van der Waals surface area contributed by atoms with Crippen LogP contribution in [0.5, 0.6) is 0 Å². The lowest BCUT2D eigenvalue weighted by molar-refractivity contribution is 0.355. The number of pyridine rings is 1. The van der Waals surface area contributed by atoms with E-state index in [-0.39, 0.29) is 5.54 Å². The summed E-state index contributed by atoms with van der Waals surface area (Å²) < 4.78 is 0. The van der Waals surface area contributed by atoms with E-state index in [2.05, 4.69) is 60.9 Å². The van der Waals surface area contributed by atoms with Gasteiger partial charge in [0, 0.05) is 23.8 Å². The van der Waals surface area contributed by atoms with Crippen LogP contribution >= 0.6 is 0 Å². The van der Waals surface area contributed by atoms with Crippen molar-refractivity contribution in [3.63, 3.8) is 0 Å². The van der Waals surface area contributed by atoms with Crippen molar-refractivity contribution in [2.75, 3.05) is 0 Å². The van der Waals surface area contributed by atoms with Gasteiger partial charge in [0.05, 0.1) is 5.69 Å². The number of nitrogens with one attached hydrogen (secondary N) is 2. The molecule has 0 bridgehead atoms. The summed E-state index contributed by atoms with van der Waals surface area (Å²) in [6.07, 6.45) is 1.82. The van der Waals surface area contributed by atoms with Crippen molar-refractivity contribution in [3.8, 4) is 11.3 Å². The molecule has 0 saturated heterocycles. The van der Waals surface area contributed by atoms with Gasteiger partial charge in [-0.2, -0.15) is 0 Å². The van der Waals surface area contributed by atoms with Crippen molar-refractivity contribution >= 4 is 0 Å². The largest absolute Gasteiger partial charge is 0.256 e. The Morgan fingerprint density at radius 3 is 2.32 bits per heavy atom. The van der Waals surface area contributed by atoms with E-state index in [1.807, 2.05) is 24.4 Å². The fourth-order valence-corrected chi connectivity index (χ4v) is 1.74. The summed E-state index contributed by atoms with van der Waals surface area (Å²) in [7, 11) is 0. The van der Waals surface area contributed by atoms with E-state index in [9.17, 15) is 0 Å². The quantitative estimate of drug-likeness (QED) is 0.824. The van der Waals surface area contributed by atoms with Crippen LogP contribution in [0.15, 0.2) is 48.7 Å². The summed E-state index contributed by atoms with van der Waals surface area (Å²) in [6, 6.07) is 14.4. The van der Waals surface area contributed by atoms with Crippen LogP contribution in [0.3, 0.4) is 0 Å². The van der Waals surface area contributed by atoms with Crippen LogP contribution in [0.4, 0.5) is 0 Å². The molecule has 0 radical (unpaired) electrons. The first-order chi connectivity index (χ1) is 9.04. The van der Waals surface area contributed by atoms with Gasteiger partial charge in [0.2, 0.25) is 0 Å². The number of hydrogen-bond donors (Lipinski definition) is 2. The van der Waals surface area contributed by atoms with Gasteiger partial charge in [0.1, 0.15) is 0 Å². The number of rotatable bonds is 4. The predicted molar refractivity (Wildman–Crippen MR) is 79.4 cm³/mol. The van der Waals surface area contributed by atoms with Crippen LogP contribution in [0.1, 0.15) is 26.3 Å². The van der Waals surface area contributed by atoms with Gasteiger partial charge >= 0.3 is 0 Å². The molecule has 3 heteroatoms. The van der Waals surface area contributed by atoms with Gasteiger partial charge in [0.15, 0.2) is 0 Å². The molecule has 0 spiro atoms. The van der Waals surface area contributed by atoms with E-state index in [0.29, 0.717) is 0 Å². The van der Waals surface area contributed by atoms with Gasteiger partial charge in [-0.1, -0.05) is 30.3 Å². The summed E-state index contributed by atoms with van der Waals surface area (Å²) in [5, 5.41) is 0. The third-order valence-electron chi connectivity index (χ3n) is 2.67. The van der Waals surface area contributed by atoms with E-state index >= 15 is 0 Å². The maximum absolute atomic E-state index is 4.35. The highest BCUT2D eigenvalue weighted by molar-refractivity contribution is 5.58. The Balaban J connectivity index is 1.96. The SMILES string of the molecule is CC(C)(C)NNCc1ccc(-c2ccccn2)cc1. The molecule has 0 aliphatic carbocycles. The van der Waals surface area contributed by atoms with Gasteiger partial charge < -0.3 is 0 Å². The Hall–Kier alpha value is -1.71. The molecule has 0 aliphatic rings. The van der Waals surface area contributed by atoms with E-state index in [4.69, 9.17) is 0 Å². The molecule has 0 aliphatic heterocycles. The molecule has 3 nitrogen and oxygen atoms in total. The van der Waals surface area contributed by atoms with E-state index in [1.54, 1.807) is 0 Å². The normalized spacial score (nSPS) is 11.5. The van der Waals surface area contributed by atoms with Crippen molar-refractivity contribution in [1.29, 1.82) is 0 Å². The van der Waals surface area contributed by atoms with Crippen LogP contribution in [0, 0.1) is 0 Å². The Bertz CT molecular complexity index is 498. The maximum Gasteiger partial charge on any atom is 0.0701 e. The molecular formula is C16H21N3. The first kappa shape index (κ1) is 13.7. The van der Waals surface area contributed by atoms with Crippen LogP contribution < -0.4 is 10.9 Å². The second-order valence-corrected chi connectivity index (χ2v) is 5.64. The third kappa shape index (κ3) is 4.47. The minimum absolute atomic E-state index is 0.0773. The second-order valence-electron chi connectivity index (χ2n) is 5.64. The monoisotopic (exact) mass is 255 g/mol. The first-order valence-electron chi connectivity index (χ1n) is 6.55. The van der Waals surface area contributed by atoms with Crippen molar-refractivity contribution in [1.82, 2.24) is 15.8 Å². The van der Waals surface area contributed by atoms with Gasteiger partial charge in [-0.15, -0.1) is 0 Å². The van der Waals surface area contributed by atoms with Crippen LogP contribution in [-0.2, 0) is 6.54 Å². The molecule has 2 N–H and O–H groups in total. The summed E-state index contributed by atoms with van der Waals surface area (Å²) >= 11 is 0. The van der Waals surface area contributed by atoms with Gasteiger partial charge in [0.25, 0.3) is 0 Å². The van der Waals surface area contributed by atoms with Crippen LogP contribution in [0.2, 0.25) is 0 Å². The highest BCUT2D eigenvalue weighted by Gasteiger charge is 2.07. The lowest BCUT2D eigenvalue weighted by Crippen LogP contribution is -2.45. The molecule has 0 saturated carbocycles. The van der Waals surface area contributed by atoms with Gasteiger partial charge in [-0.25, -0.2) is 0 Å². The number of hydrogen-bond acceptors (Lipinski definition) is 3. The van der Waals surface area contributed by atoms with Crippen LogP contribution in [0.25, 0.3) is 11.3 Å². The highest BCUT2D eigenvalue weighted by Crippen LogP contribution is 2.16. The highest BCUT2D eigenvalue weighted by atomic mass is 15.4. The van der Waals surface area contributed by atoms with Gasteiger partial charge in [-0.05, 0) is 38.5 Å². The van der Waals surface area contributed by atoms with Crippen molar-refractivity contribution in [2.45, 2.75) is 32.9 Å². The molecule has 2 rings (SSSR count). The van der Waals surface area contributed by atoms with Crippen molar-refractivity contribution < 1.29 is 0 Å². The summed E-state index contributed by atoms with van der Waals surface area (Å²) in [4.78, 5) is 4.35. The van der Waals surface area contributed by atoms with Crippen LogP contribution in [-0.4, -0.2) is 10.5 Å². The Labute approximate surface area is 115 Å². The average molecular weight is 255 g/mol. The standard InChI is InChI=1S/C16H21N3/c1-16(2,3)19-18-12-13-7-9-14(10-8-13)15-6-4-5-11-17-15/h4-11,18-19H,12H2,1-3H3. The fraction of sp³-hybridized carbons (Fsp3) is 0.312. The zero-order valence-corrected chi connectivity index (χ0v) is 11.8. The summed E-state index contributed by atoms with van der Waals surface area (Å²) in [5.74, 6) is 0. The molecule has 0 atom stereocenters. The van der Waals surface area contributed by atoms with E-state index in [0.717, 1.165) is 17.8 Å². The first-order valence-corrected chi connectivity index (χ1v) is 6.55. The predicted octanol–water partition coefficient (Wildman–Crippen LogP) is 3.14. The van der Waals surface area contributed by atoms with E-state index < -0.39 is 0 Å². The molecule has 1 aromatic heterocycles. The second kappa shape index (κ2) is 5.95. The topological polar surface area (TPSA) is 37.0 Å². The molecule has 0 amide bonds. The lowest BCUT2D eigenvalue weighted by atomic mass is 10.1. The molecular weight excluding hydrogens is 234 g/mol. The molecule has 19 heavy (non-hydrogen) atoms. The molecule has 0 fully saturated rings. The number of hydrazine groups is 1. The lowest BCUT2D eigenvalue weighted by Gasteiger charge is -2.21. The number of nitrogens with zero attached hydrogens (tertiary/aromatic N) is 1. The Morgan fingerprint density at radius 2 is 1.74 bits per heavy atom. The van der Waals surface area contributed by atoms with E-state index in [1.165, 1.54) is 5.56 Å². The zero-order valence-electron chi connectivity index (χ0n) is 11.8. The zero-order chi connectivity index (χ0) is 13.7. The third-order valence-corrected chi connectivity index (χ3v) is 2.67. The smallest absolute Gasteiger partial charge is 0.0701 e. The fourth-order valence-electron chi connectivity index (χ4n) is 1.74. The maximum atomic E-state index is 4.35. The Morgan fingerprint density at radius 1 is 1.00 bits per heavy atom. The number of benzene rings is 1. The molecule has 0 unspecified atom stereocenters. The molecule has 100 valence electrons. The number of aromatic nitrogens is 1. The minimum atomic E-state index is 0.0773. The Kier molecular flexibility index (Phi) is 4.30. The minimum Gasteiger partial charge on any atom is -0.256 e. The van der Waals surface area contributed by atoms with Gasteiger partial charge in [-0.3, -0.25) is 15.8 Å². The molecule has 1 heterocycles. The molecule has 2 aromatic rings. The molecule has 1 aromatic carbocycles. The van der Waals surface area contributed by atoms with Crippen molar-refractivity contribution in [2.24, 2.45) is 0 Å². The van der Waals surface area contributed by atoms with Crippen molar-refractivity contribution in [3.05, 3.63) is 54.2 Å². The average Bonchev–Trinajstić information content (AvgIpc) is 2.39.